The average molecular weight is 376 g/mol. The fraction of sp³-hybridized carbons (Fsp3) is 0.238. The fourth-order valence-electron chi connectivity index (χ4n) is 3.34. The molecule has 7 heteroatoms. The molecule has 28 heavy (non-hydrogen) atoms. The van der Waals surface area contributed by atoms with Crippen molar-refractivity contribution in [1.29, 1.82) is 0 Å². The number of carbonyl (C=O) groups is 3. The van der Waals surface area contributed by atoms with Gasteiger partial charge in [-0.3, -0.25) is 14.4 Å². The second-order valence-corrected chi connectivity index (χ2v) is 6.74. The highest BCUT2D eigenvalue weighted by atomic mass is 16.2. The number of amides is 3. The normalized spacial score (nSPS) is 16.9. The maximum absolute atomic E-state index is 12.6. The van der Waals surface area contributed by atoms with Gasteiger partial charge in [0.1, 0.15) is 5.71 Å². The average Bonchev–Trinajstić information content (AvgIpc) is 3.15. The van der Waals surface area contributed by atoms with Gasteiger partial charge >= 0.3 is 0 Å². The SMILES string of the molecule is O=C(Nc1ccc(N2CCCC2=O)cc1)C1=NN(c2ccccc2)C(=O)CC1. The van der Waals surface area contributed by atoms with Crippen LogP contribution in [0.2, 0.25) is 0 Å². The van der Waals surface area contributed by atoms with Gasteiger partial charge in [0.05, 0.1) is 5.69 Å². The van der Waals surface area contributed by atoms with E-state index in [1.165, 1.54) is 5.01 Å². The van der Waals surface area contributed by atoms with Gasteiger partial charge in [0, 0.05) is 37.2 Å². The highest BCUT2D eigenvalue weighted by Crippen LogP contribution is 2.24. The molecule has 142 valence electrons. The van der Waals surface area contributed by atoms with Crippen LogP contribution in [0.3, 0.4) is 0 Å². The Hall–Kier alpha value is -3.48. The standard InChI is InChI=1S/C21H20N4O3/c26-19-7-4-14-24(19)16-10-8-15(9-11-16)22-21(28)18-12-13-20(27)25(23-18)17-5-2-1-3-6-17/h1-3,5-6,8-11H,4,7,12-14H2,(H,22,28). The van der Waals surface area contributed by atoms with Crippen molar-refractivity contribution < 1.29 is 14.4 Å². The van der Waals surface area contributed by atoms with Crippen molar-refractivity contribution in [2.24, 2.45) is 5.10 Å². The fourth-order valence-corrected chi connectivity index (χ4v) is 3.34. The van der Waals surface area contributed by atoms with E-state index in [4.69, 9.17) is 0 Å². The number of carbonyl (C=O) groups excluding carboxylic acids is 3. The van der Waals surface area contributed by atoms with Gasteiger partial charge in [-0.05, 0) is 42.8 Å². The molecule has 0 bridgehead atoms. The maximum atomic E-state index is 12.6. The highest BCUT2D eigenvalue weighted by Gasteiger charge is 2.26. The van der Waals surface area contributed by atoms with Gasteiger partial charge in [-0.2, -0.15) is 5.10 Å². The van der Waals surface area contributed by atoms with E-state index in [2.05, 4.69) is 10.4 Å². The molecule has 2 aromatic carbocycles. The Kier molecular flexibility index (Phi) is 4.89. The van der Waals surface area contributed by atoms with Crippen LogP contribution in [0, 0.1) is 0 Å². The van der Waals surface area contributed by atoms with E-state index >= 15 is 0 Å². The number of benzene rings is 2. The zero-order valence-corrected chi connectivity index (χ0v) is 15.3. The smallest absolute Gasteiger partial charge is 0.271 e. The number of nitrogens with zero attached hydrogens (tertiary/aromatic N) is 3. The van der Waals surface area contributed by atoms with Crippen molar-refractivity contribution in [3.8, 4) is 0 Å². The van der Waals surface area contributed by atoms with E-state index in [0.717, 1.165) is 18.7 Å². The molecule has 0 saturated carbocycles. The first-order valence-corrected chi connectivity index (χ1v) is 9.29. The second-order valence-electron chi connectivity index (χ2n) is 6.74. The predicted molar refractivity (Wildman–Crippen MR) is 107 cm³/mol. The molecule has 0 aromatic heterocycles. The molecule has 0 atom stereocenters. The Labute approximate surface area is 162 Å². The largest absolute Gasteiger partial charge is 0.321 e. The van der Waals surface area contributed by atoms with Crippen LogP contribution in [0.5, 0.6) is 0 Å². The Balaban J connectivity index is 1.47. The van der Waals surface area contributed by atoms with E-state index in [9.17, 15) is 14.4 Å². The van der Waals surface area contributed by atoms with Gasteiger partial charge in [0.25, 0.3) is 5.91 Å². The minimum Gasteiger partial charge on any atom is -0.321 e. The van der Waals surface area contributed by atoms with Crippen LogP contribution in [-0.4, -0.2) is 30.0 Å². The van der Waals surface area contributed by atoms with Crippen LogP contribution in [0.15, 0.2) is 59.7 Å². The van der Waals surface area contributed by atoms with Crippen LogP contribution < -0.4 is 15.2 Å². The highest BCUT2D eigenvalue weighted by molar-refractivity contribution is 6.44. The molecule has 1 fully saturated rings. The Bertz CT molecular complexity index is 938. The molecule has 1 saturated heterocycles. The van der Waals surface area contributed by atoms with Crippen molar-refractivity contribution in [2.75, 3.05) is 21.8 Å². The summed E-state index contributed by atoms with van der Waals surface area (Å²) in [6.07, 6.45) is 1.98. The summed E-state index contributed by atoms with van der Waals surface area (Å²) < 4.78 is 0. The van der Waals surface area contributed by atoms with Crippen molar-refractivity contribution in [1.82, 2.24) is 0 Å². The lowest BCUT2D eigenvalue weighted by Gasteiger charge is -2.23. The van der Waals surface area contributed by atoms with E-state index in [1.54, 1.807) is 29.2 Å². The zero-order valence-electron chi connectivity index (χ0n) is 15.3. The lowest BCUT2D eigenvalue weighted by atomic mass is 10.1. The summed E-state index contributed by atoms with van der Waals surface area (Å²) >= 11 is 0. The minimum absolute atomic E-state index is 0.124. The molecule has 0 aliphatic carbocycles. The third kappa shape index (κ3) is 3.64. The van der Waals surface area contributed by atoms with Crippen molar-refractivity contribution >= 4 is 40.5 Å². The summed E-state index contributed by atoms with van der Waals surface area (Å²) in [7, 11) is 0. The first-order chi connectivity index (χ1) is 13.6. The van der Waals surface area contributed by atoms with Gasteiger partial charge < -0.3 is 10.2 Å². The number of anilines is 3. The molecule has 7 nitrogen and oxygen atoms in total. The molecule has 2 heterocycles. The number of para-hydroxylation sites is 1. The molecule has 1 N–H and O–H groups in total. The van der Waals surface area contributed by atoms with Gasteiger partial charge in [0.2, 0.25) is 11.8 Å². The van der Waals surface area contributed by atoms with Crippen LogP contribution in [-0.2, 0) is 14.4 Å². The lowest BCUT2D eigenvalue weighted by molar-refractivity contribution is -0.119. The van der Waals surface area contributed by atoms with Crippen molar-refractivity contribution in [3.05, 3.63) is 54.6 Å². The number of hydrazone groups is 1. The third-order valence-electron chi connectivity index (χ3n) is 4.81. The zero-order chi connectivity index (χ0) is 19.5. The van der Waals surface area contributed by atoms with Crippen LogP contribution in [0.1, 0.15) is 25.7 Å². The summed E-state index contributed by atoms with van der Waals surface area (Å²) in [5.74, 6) is -0.347. The van der Waals surface area contributed by atoms with Gasteiger partial charge in [0.15, 0.2) is 0 Å². The van der Waals surface area contributed by atoms with E-state index in [1.807, 2.05) is 30.3 Å². The van der Waals surface area contributed by atoms with Crippen LogP contribution in [0.25, 0.3) is 0 Å². The molecular formula is C21H20N4O3. The number of rotatable bonds is 4. The van der Waals surface area contributed by atoms with Crippen LogP contribution >= 0.6 is 0 Å². The molecular weight excluding hydrogens is 356 g/mol. The van der Waals surface area contributed by atoms with Gasteiger partial charge in [-0.25, -0.2) is 5.01 Å². The molecule has 0 radical (unpaired) electrons. The topological polar surface area (TPSA) is 82.1 Å². The molecule has 4 rings (SSSR count). The summed E-state index contributed by atoms with van der Waals surface area (Å²) in [4.78, 5) is 38.3. The first kappa shape index (κ1) is 17.9. The molecule has 2 aromatic rings. The third-order valence-corrected chi connectivity index (χ3v) is 4.81. The number of nitrogens with one attached hydrogen (secondary N) is 1. The number of hydrogen-bond acceptors (Lipinski definition) is 4. The second kappa shape index (κ2) is 7.64. The minimum atomic E-state index is -0.335. The quantitative estimate of drug-likeness (QED) is 0.891. The van der Waals surface area contributed by atoms with Crippen molar-refractivity contribution in [2.45, 2.75) is 25.7 Å². The van der Waals surface area contributed by atoms with Gasteiger partial charge in [-0.15, -0.1) is 0 Å². The first-order valence-electron chi connectivity index (χ1n) is 9.29. The lowest BCUT2D eigenvalue weighted by Crippen LogP contribution is -2.36. The molecule has 0 unspecified atom stereocenters. The number of hydrogen-bond donors (Lipinski definition) is 1. The predicted octanol–water partition coefficient (Wildman–Crippen LogP) is 2.93. The molecule has 3 amide bonds. The van der Waals surface area contributed by atoms with Crippen LogP contribution in [0.4, 0.5) is 17.1 Å². The Morgan fingerprint density at radius 3 is 2.29 bits per heavy atom. The Morgan fingerprint density at radius 1 is 0.857 bits per heavy atom. The summed E-state index contributed by atoms with van der Waals surface area (Å²) in [5, 5.41) is 8.35. The maximum Gasteiger partial charge on any atom is 0.271 e. The summed E-state index contributed by atoms with van der Waals surface area (Å²) in [6.45, 7) is 0.727. The van der Waals surface area contributed by atoms with E-state index in [0.29, 0.717) is 29.9 Å². The molecule has 0 spiro atoms. The summed E-state index contributed by atoms with van der Waals surface area (Å²) in [5.41, 5.74) is 2.39. The van der Waals surface area contributed by atoms with E-state index < -0.39 is 0 Å². The van der Waals surface area contributed by atoms with Crippen molar-refractivity contribution in [3.63, 3.8) is 0 Å². The van der Waals surface area contributed by atoms with E-state index in [-0.39, 0.29) is 24.1 Å². The molecule has 2 aliphatic rings. The Morgan fingerprint density at radius 2 is 1.61 bits per heavy atom. The van der Waals surface area contributed by atoms with Gasteiger partial charge in [-0.1, -0.05) is 18.2 Å². The monoisotopic (exact) mass is 376 g/mol. The summed E-state index contributed by atoms with van der Waals surface area (Å²) in [6, 6.07) is 16.2. The molecule has 2 aliphatic heterocycles.